The van der Waals surface area contributed by atoms with E-state index in [0.717, 1.165) is 12.6 Å². The molecule has 0 amide bonds. The van der Waals surface area contributed by atoms with Crippen molar-refractivity contribution in [2.75, 3.05) is 20.1 Å². The number of likely N-dealkylation sites (N-methyl/N-ethyl adjacent to an activating group) is 1. The Bertz CT molecular complexity index is 136. The summed E-state index contributed by atoms with van der Waals surface area (Å²) in [4.78, 5) is 12.0. The molecular formula is C7H14ClNO2. The molecule has 0 fully saturated rings. The van der Waals surface area contributed by atoms with Gasteiger partial charge in [-0.2, -0.15) is 0 Å². The minimum Gasteiger partial charge on any atom is -0.478 e. The van der Waals surface area contributed by atoms with Crippen LogP contribution in [-0.4, -0.2) is 36.1 Å². The van der Waals surface area contributed by atoms with Crippen molar-refractivity contribution in [2.45, 2.75) is 6.92 Å². The molecule has 0 aromatic carbocycles. The summed E-state index contributed by atoms with van der Waals surface area (Å²) in [6.07, 6.45) is 2.79. The Hall–Kier alpha value is -0.540. The predicted molar refractivity (Wildman–Crippen MR) is 47.2 cm³/mol. The summed E-state index contributed by atoms with van der Waals surface area (Å²) in [6, 6.07) is 0. The molecule has 0 rings (SSSR count). The number of hydrogen-bond acceptors (Lipinski definition) is 2. The summed E-state index contributed by atoms with van der Waals surface area (Å²) >= 11 is 0. The first kappa shape index (κ1) is 13.1. The topological polar surface area (TPSA) is 40.5 Å². The average molecular weight is 180 g/mol. The third kappa shape index (κ3) is 9.46. The van der Waals surface area contributed by atoms with Gasteiger partial charge in [-0.1, -0.05) is 13.0 Å². The summed E-state index contributed by atoms with van der Waals surface area (Å²) in [5.41, 5.74) is 0. The Morgan fingerprint density at radius 2 is 2.18 bits per heavy atom. The van der Waals surface area contributed by atoms with Crippen LogP contribution in [0.1, 0.15) is 6.92 Å². The number of rotatable bonds is 4. The average Bonchev–Trinajstić information content (AvgIpc) is 1.87. The highest BCUT2D eigenvalue weighted by atomic mass is 35.5. The molecule has 0 aliphatic carbocycles. The van der Waals surface area contributed by atoms with Crippen molar-refractivity contribution in [2.24, 2.45) is 0 Å². The van der Waals surface area contributed by atoms with E-state index in [0.29, 0.717) is 6.54 Å². The predicted octanol–water partition coefficient (Wildman–Crippen LogP) is 1.00. The summed E-state index contributed by atoms with van der Waals surface area (Å²) in [7, 11) is 1.94. The van der Waals surface area contributed by atoms with Gasteiger partial charge >= 0.3 is 5.97 Å². The van der Waals surface area contributed by atoms with Gasteiger partial charge < -0.3 is 10.0 Å². The van der Waals surface area contributed by atoms with Crippen molar-refractivity contribution in [3.05, 3.63) is 12.2 Å². The molecule has 0 spiro atoms. The van der Waals surface area contributed by atoms with Crippen LogP contribution in [0.15, 0.2) is 12.2 Å². The van der Waals surface area contributed by atoms with Crippen LogP contribution in [0.25, 0.3) is 0 Å². The summed E-state index contributed by atoms with van der Waals surface area (Å²) in [5.74, 6) is -0.885. The van der Waals surface area contributed by atoms with E-state index in [-0.39, 0.29) is 12.4 Å². The van der Waals surface area contributed by atoms with Gasteiger partial charge in [-0.05, 0) is 13.6 Å². The van der Waals surface area contributed by atoms with Crippen LogP contribution >= 0.6 is 12.4 Å². The fourth-order valence-electron chi connectivity index (χ4n) is 0.463. The Labute approximate surface area is 73.1 Å². The lowest BCUT2D eigenvalue weighted by atomic mass is 10.4. The highest BCUT2D eigenvalue weighted by Gasteiger charge is 1.89. The van der Waals surface area contributed by atoms with E-state index in [2.05, 4.69) is 0 Å². The van der Waals surface area contributed by atoms with Gasteiger partial charge in [0.15, 0.2) is 0 Å². The Kier molecular flexibility index (Phi) is 9.00. The maximum atomic E-state index is 9.96. The van der Waals surface area contributed by atoms with Gasteiger partial charge in [0.2, 0.25) is 0 Å². The monoisotopic (exact) mass is 179 g/mol. The number of halogens is 1. The molecule has 11 heavy (non-hydrogen) atoms. The molecule has 3 nitrogen and oxygen atoms in total. The number of carboxylic acids is 1. The quantitative estimate of drug-likeness (QED) is 0.655. The molecular weight excluding hydrogens is 166 g/mol. The van der Waals surface area contributed by atoms with E-state index >= 15 is 0 Å². The van der Waals surface area contributed by atoms with Gasteiger partial charge in [0.05, 0.1) is 0 Å². The van der Waals surface area contributed by atoms with E-state index in [9.17, 15) is 4.79 Å². The van der Waals surface area contributed by atoms with E-state index in [1.54, 1.807) is 6.08 Å². The van der Waals surface area contributed by atoms with Crippen LogP contribution in [0, 0.1) is 0 Å². The first-order chi connectivity index (χ1) is 4.66. The second-order valence-electron chi connectivity index (χ2n) is 2.10. The maximum Gasteiger partial charge on any atom is 0.328 e. The Morgan fingerprint density at radius 3 is 2.55 bits per heavy atom. The molecule has 0 saturated heterocycles. The molecule has 0 saturated carbocycles. The second-order valence-corrected chi connectivity index (χ2v) is 2.10. The highest BCUT2D eigenvalue weighted by molar-refractivity contribution is 5.85. The zero-order valence-corrected chi connectivity index (χ0v) is 7.60. The number of carbonyl (C=O) groups is 1. The van der Waals surface area contributed by atoms with Crippen molar-refractivity contribution in [3.63, 3.8) is 0 Å². The van der Waals surface area contributed by atoms with Crippen LogP contribution < -0.4 is 0 Å². The van der Waals surface area contributed by atoms with Crippen molar-refractivity contribution < 1.29 is 9.90 Å². The molecule has 0 unspecified atom stereocenters. The zero-order valence-electron chi connectivity index (χ0n) is 6.78. The first-order valence-electron chi connectivity index (χ1n) is 3.24. The van der Waals surface area contributed by atoms with Crippen LogP contribution in [0.2, 0.25) is 0 Å². The normalized spacial score (nSPS) is 10.1. The number of hydrogen-bond donors (Lipinski definition) is 1. The van der Waals surface area contributed by atoms with Crippen LogP contribution in [0.4, 0.5) is 0 Å². The second kappa shape index (κ2) is 7.57. The molecule has 0 radical (unpaired) electrons. The molecule has 0 aliphatic rings. The molecule has 66 valence electrons. The van der Waals surface area contributed by atoms with Gasteiger partial charge in [-0.3, -0.25) is 0 Å². The largest absolute Gasteiger partial charge is 0.478 e. The summed E-state index contributed by atoms with van der Waals surface area (Å²) in [6.45, 7) is 3.65. The Balaban J connectivity index is 0. The molecule has 1 N–H and O–H groups in total. The van der Waals surface area contributed by atoms with Crippen LogP contribution in [0.5, 0.6) is 0 Å². The van der Waals surface area contributed by atoms with Crippen molar-refractivity contribution >= 4 is 18.4 Å². The van der Waals surface area contributed by atoms with Gasteiger partial charge in [-0.15, -0.1) is 12.4 Å². The third-order valence-electron chi connectivity index (χ3n) is 1.22. The van der Waals surface area contributed by atoms with E-state index < -0.39 is 5.97 Å². The van der Waals surface area contributed by atoms with Gasteiger partial charge in [0.1, 0.15) is 0 Å². The number of carboxylic acid groups (broad SMARTS) is 1. The first-order valence-corrected chi connectivity index (χ1v) is 3.24. The molecule has 0 aromatic heterocycles. The van der Waals surface area contributed by atoms with E-state index in [4.69, 9.17) is 5.11 Å². The van der Waals surface area contributed by atoms with Gasteiger partial charge in [-0.25, -0.2) is 4.79 Å². The lowest BCUT2D eigenvalue weighted by molar-refractivity contribution is -0.131. The number of nitrogens with zero attached hydrogens (tertiary/aromatic N) is 1. The molecule has 0 bridgehead atoms. The minimum atomic E-state index is -0.885. The molecule has 0 aliphatic heterocycles. The lowest BCUT2D eigenvalue weighted by Crippen LogP contribution is -2.17. The lowest BCUT2D eigenvalue weighted by Gasteiger charge is -2.08. The van der Waals surface area contributed by atoms with Crippen molar-refractivity contribution in [1.29, 1.82) is 0 Å². The van der Waals surface area contributed by atoms with Crippen molar-refractivity contribution in [1.82, 2.24) is 4.90 Å². The third-order valence-corrected chi connectivity index (χ3v) is 1.22. The summed E-state index contributed by atoms with van der Waals surface area (Å²) in [5, 5.41) is 8.19. The van der Waals surface area contributed by atoms with Gasteiger partial charge in [0, 0.05) is 12.6 Å². The highest BCUT2D eigenvalue weighted by Crippen LogP contribution is 1.81. The fraction of sp³-hybridized carbons (Fsp3) is 0.571. The van der Waals surface area contributed by atoms with Gasteiger partial charge in [0.25, 0.3) is 0 Å². The zero-order chi connectivity index (χ0) is 7.98. The number of aliphatic carboxylic acids is 1. The van der Waals surface area contributed by atoms with E-state index in [1.165, 1.54) is 0 Å². The smallest absolute Gasteiger partial charge is 0.328 e. The standard InChI is InChI=1S/C7H13NO2.ClH/c1-3-8(2)6-4-5-7(9)10;/h4-5H,3,6H2,1-2H3,(H,9,10);1H/b5-4+;. The molecule has 0 atom stereocenters. The fourth-order valence-corrected chi connectivity index (χ4v) is 0.463. The SMILES string of the molecule is CCN(C)C/C=C/C(=O)O.Cl. The molecule has 4 heteroatoms. The maximum absolute atomic E-state index is 9.96. The molecule has 0 aromatic rings. The van der Waals surface area contributed by atoms with Crippen LogP contribution in [0.3, 0.4) is 0 Å². The minimum absolute atomic E-state index is 0. The van der Waals surface area contributed by atoms with E-state index in [1.807, 2.05) is 18.9 Å². The van der Waals surface area contributed by atoms with Crippen molar-refractivity contribution in [3.8, 4) is 0 Å². The van der Waals surface area contributed by atoms with Crippen LogP contribution in [-0.2, 0) is 4.79 Å². The molecule has 0 heterocycles. The Morgan fingerprint density at radius 1 is 1.64 bits per heavy atom. The summed E-state index contributed by atoms with van der Waals surface area (Å²) < 4.78 is 0.